The van der Waals surface area contributed by atoms with Crippen molar-refractivity contribution in [3.05, 3.63) is 87.3 Å². The Kier molecular flexibility index (Phi) is 6.35. The van der Waals surface area contributed by atoms with Gasteiger partial charge >= 0.3 is 0 Å². The molecule has 1 amide bonds. The summed E-state index contributed by atoms with van der Waals surface area (Å²) in [4.78, 5) is 27.6. The van der Waals surface area contributed by atoms with Gasteiger partial charge in [-0.2, -0.15) is 0 Å². The molecule has 0 bridgehead atoms. The van der Waals surface area contributed by atoms with Crippen LogP contribution in [0.15, 0.2) is 64.8 Å². The summed E-state index contributed by atoms with van der Waals surface area (Å²) in [6.45, 7) is 0.0305. The standard InChI is InChI=1S/C24H19Cl2NO6/c1-31-18-11-17(26)19(32-2)10-16(18)22(28)20-21(13-5-7-14(25)8-6-13)27(24(30)23(20)29)12-15-4-3-9-33-15/h3-11,21,28H,12H2,1-2H3/b22-20+. The molecule has 1 N–H and O–H groups in total. The van der Waals surface area contributed by atoms with Gasteiger partial charge in [0.05, 0.1) is 49.2 Å². The van der Waals surface area contributed by atoms with Gasteiger partial charge in [-0.05, 0) is 35.9 Å². The molecular formula is C24H19Cl2NO6. The number of aliphatic hydroxyl groups is 1. The second-order valence-corrected chi connectivity index (χ2v) is 8.09. The molecule has 1 aliphatic heterocycles. The monoisotopic (exact) mass is 487 g/mol. The number of ketones is 1. The molecule has 2 aromatic carbocycles. The lowest BCUT2D eigenvalue weighted by Crippen LogP contribution is -2.29. The van der Waals surface area contributed by atoms with Crippen molar-refractivity contribution in [3.63, 3.8) is 0 Å². The van der Waals surface area contributed by atoms with E-state index in [4.69, 9.17) is 37.1 Å². The van der Waals surface area contributed by atoms with Crippen LogP contribution < -0.4 is 9.47 Å². The molecule has 0 spiro atoms. The minimum atomic E-state index is -0.890. The molecule has 3 aromatic rings. The van der Waals surface area contributed by atoms with Crippen molar-refractivity contribution in [2.24, 2.45) is 0 Å². The fraction of sp³-hybridized carbons (Fsp3) is 0.167. The first-order valence-corrected chi connectivity index (χ1v) is 10.6. The van der Waals surface area contributed by atoms with E-state index in [1.165, 1.54) is 37.5 Å². The van der Waals surface area contributed by atoms with Crippen LogP contribution in [0.3, 0.4) is 0 Å². The van der Waals surface area contributed by atoms with E-state index in [1.807, 2.05) is 0 Å². The van der Waals surface area contributed by atoms with E-state index in [-0.39, 0.29) is 34.2 Å². The van der Waals surface area contributed by atoms with Gasteiger partial charge < -0.3 is 23.9 Å². The minimum absolute atomic E-state index is 0.0305. The number of methoxy groups -OCH3 is 2. The van der Waals surface area contributed by atoms with Crippen molar-refractivity contribution in [2.75, 3.05) is 14.2 Å². The third-order valence-corrected chi connectivity index (χ3v) is 5.91. The Morgan fingerprint density at radius 2 is 1.76 bits per heavy atom. The Bertz CT molecular complexity index is 1230. The molecule has 1 fully saturated rings. The molecule has 1 aromatic heterocycles. The molecule has 1 saturated heterocycles. The molecular weight excluding hydrogens is 469 g/mol. The highest BCUT2D eigenvalue weighted by Crippen LogP contribution is 2.43. The normalized spacial score (nSPS) is 17.5. The topological polar surface area (TPSA) is 89.2 Å². The molecule has 0 aliphatic carbocycles. The van der Waals surface area contributed by atoms with Crippen LogP contribution in [0.1, 0.15) is 22.9 Å². The summed E-state index contributed by atoms with van der Waals surface area (Å²) in [6.07, 6.45) is 1.48. The molecule has 4 rings (SSSR count). The Balaban J connectivity index is 1.92. The Morgan fingerprint density at radius 1 is 1.06 bits per heavy atom. The molecule has 0 saturated carbocycles. The van der Waals surface area contributed by atoms with Crippen LogP contribution in [-0.2, 0) is 16.1 Å². The largest absolute Gasteiger partial charge is 0.507 e. The number of carbonyl (C=O) groups is 2. The summed E-state index contributed by atoms with van der Waals surface area (Å²) in [6, 6.07) is 12.1. The first-order valence-electron chi connectivity index (χ1n) is 9.83. The molecule has 33 heavy (non-hydrogen) atoms. The second-order valence-electron chi connectivity index (χ2n) is 7.24. The lowest BCUT2D eigenvalue weighted by atomic mass is 9.95. The number of rotatable bonds is 6. The highest BCUT2D eigenvalue weighted by atomic mass is 35.5. The van der Waals surface area contributed by atoms with E-state index in [0.29, 0.717) is 16.3 Å². The smallest absolute Gasteiger partial charge is 0.296 e. The minimum Gasteiger partial charge on any atom is -0.507 e. The van der Waals surface area contributed by atoms with Crippen LogP contribution in [0.5, 0.6) is 11.5 Å². The number of amides is 1. The molecule has 9 heteroatoms. The quantitative estimate of drug-likeness (QED) is 0.291. The van der Waals surface area contributed by atoms with Crippen LogP contribution in [0, 0.1) is 0 Å². The summed E-state index contributed by atoms with van der Waals surface area (Å²) in [5, 5.41) is 12.1. The van der Waals surface area contributed by atoms with Gasteiger partial charge in [0.2, 0.25) is 0 Å². The predicted molar refractivity (Wildman–Crippen MR) is 123 cm³/mol. The maximum atomic E-state index is 13.2. The lowest BCUT2D eigenvalue weighted by molar-refractivity contribution is -0.140. The SMILES string of the molecule is COc1cc(/C(O)=C2\C(=O)C(=O)N(Cc3ccco3)C2c2ccc(Cl)cc2)c(OC)cc1Cl. The third-order valence-electron chi connectivity index (χ3n) is 5.36. The van der Waals surface area contributed by atoms with Crippen molar-refractivity contribution in [2.45, 2.75) is 12.6 Å². The van der Waals surface area contributed by atoms with E-state index in [0.717, 1.165) is 0 Å². The fourth-order valence-corrected chi connectivity index (χ4v) is 4.15. The van der Waals surface area contributed by atoms with Gasteiger partial charge in [-0.1, -0.05) is 35.3 Å². The van der Waals surface area contributed by atoms with E-state index in [9.17, 15) is 14.7 Å². The Labute approximate surface area is 199 Å². The van der Waals surface area contributed by atoms with Crippen molar-refractivity contribution < 1.29 is 28.6 Å². The van der Waals surface area contributed by atoms with E-state index < -0.39 is 23.5 Å². The summed E-state index contributed by atoms with van der Waals surface area (Å²) >= 11 is 12.2. The summed E-state index contributed by atoms with van der Waals surface area (Å²) in [5.41, 5.74) is 0.650. The van der Waals surface area contributed by atoms with Crippen LogP contribution in [0.2, 0.25) is 10.0 Å². The highest BCUT2D eigenvalue weighted by molar-refractivity contribution is 6.46. The number of likely N-dealkylation sites (tertiary alicyclic amines) is 1. The van der Waals surface area contributed by atoms with Gasteiger partial charge in [-0.15, -0.1) is 0 Å². The summed E-state index contributed by atoms with van der Waals surface area (Å²) in [5.74, 6) is -1.05. The molecule has 170 valence electrons. The fourth-order valence-electron chi connectivity index (χ4n) is 3.80. The van der Waals surface area contributed by atoms with Gasteiger partial charge in [0.15, 0.2) is 0 Å². The molecule has 7 nitrogen and oxygen atoms in total. The third kappa shape index (κ3) is 4.17. The van der Waals surface area contributed by atoms with Crippen LogP contribution in [-0.4, -0.2) is 35.9 Å². The van der Waals surface area contributed by atoms with E-state index >= 15 is 0 Å². The van der Waals surface area contributed by atoms with Crippen molar-refractivity contribution >= 4 is 40.7 Å². The number of benzene rings is 2. The van der Waals surface area contributed by atoms with Crippen LogP contribution >= 0.6 is 23.2 Å². The first kappa shape index (κ1) is 22.8. The summed E-state index contributed by atoms with van der Waals surface area (Å²) in [7, 11) is 2.83. The number of hydrogen-bond donors (Lipinski definition) is 1. The Morgan fingerprint density at radius 3 is 2.36 bits per heavy atom. The van der Waals surface area contributed by atoms with Crippen LogP contribution in [0.25, 0.3) is 5.76 Å². The van der Waals surface area contributed by atoms with Gasteiger partial charge in [0.1, 0.15) is 23.0 Å². The average molecular weight is 488 g/mol. The summed E-state index contributed by atoms with van der Waals surface area (Å²) < 4.78 is 16.0. The zero-order chi connectivity index (χ0) is 23.7. The Hall–Kier alpha value is -3.42. The average Bonchev–Trinajstić information content (AvgIpc) is 3.41. The second kappa shape index (κ2) is 9.21. The molecule has 2 heterocycles. The number of hydrogen-bond acceptors (Lipinski definition) is 6. The molecule has 0 radical (unpaired) electrons. The zero-order valence-electron chi connectivity index (χ0n) is 17.7. The number of furan rings is 1. The van der Waals surface area contributed by atoms with E-state index in [1.54, 1.807) is 36.4 Å². The highest BCUT2D eigenvalue weighted by Gasteiger charge is 2.46. The van der Waals surface area contributed by atoms with E-state index in [2.05, 4.69) is 0 Å². The maximum Gasteiger partial charge on any atom is 0.296 e. The number of carbonyl (C=O) groups excluding carboxylic acids is 2. The van der Waals surface area contributed by atoms with Gasteiger partial charge in [0, 0.05) is 11.1 Å². The number of ether oxygens (including phenoxy) is 2. The van der Waals surface area contributed by atoms with Crippen molar-refractivity contribution in [1.82, 2.24) is 4.90 Å². The van der Waals surface area contributed by atoms with Crippen molar-refractivity contribution in [3.8, 4) is 11.5 Å². The van der Waals surface area contributed by atoms with Gasteiger partial charge in [-0.3, -0.25) is 9.59 Å². The number of nitrogens with zero attached hydrogens (tertiary/aromatic N) is 1. The zero-order valence-corrected chi connectivity index (χ0v) is 19.2. The van der Waals surface area contributed by atoms with Gasteiger partial charge in [-0.25, -0.2) is 0 Å². The number of Topliss-reactive ketones (excluding diaryl/α,β-unsaturated/α-hetero) is 1. The van der Waals surface area contributed by atoms with Gasteiger partial charge in [0.25, 0.3) is 11.7 Å². The number of aliphatic hydroxyl groups excluding tert-OH is 1. The molecule has 1 unspecified atom stereocenters. The molecule has 1 aliphatic rings. The van der Waals surface area contributed by atoms with Crippen LogP contribution in [0.4, 0.5) is 0 Å². The molecule has 1 atom stereocenters. The first-order chi connectivity index (χ1) is 15.8. The van der Waals surface area contributed by atoms with Crippen molar-refractivity contribution in [1.29, 1.82) is 0 Å². The maximum absolute atomic E-state index is 13.2. The number of halogens is 2. The predicted octanol–water partition coefficient (Wildman–Crippen LogP) is 5.23. The lowest BCUT2D eigenvalue weighted by Gasteiger charge is -2.24.